The Bertz CT molecular complexity index is 1130. The number of carbonyl (C=O) groups excluding carboxylic acids is 1. The van der Waals surface area contributed by atoms with Gasteiger partial charge in [-0.2, -0.15) is 0 Å². The molecule has 6 rings (SSSR count). The van der Waals surface area contributed by atoms with Gasteiger partial charge in [0.2, 0.25) is 0 Å². The van der Waals surface area contributed by atoms with Crippen LogP contribution in [-0.4, -0.2) is 92.9 Å². The van der Waals surface area contributed by atoms with E-state index in [0.717, 1.165) is 82.9 Å². The number of unbranched alkanes of at least 4 members (excludes halogenated alkanes) is 1. The maximum absolute atomic E-state index is 14.1. The molecule has 0 aromatic carbocycles. The second-order valence-corrected chi connectivity index (χ2v) is 17.0. The molecule has 0 amide bonds. The number of likely N-dealkylation sites (N-methyl/N-ethyl adjacent to an activating group) is 1. The summed E-state index contributed by atoms with van der Waals surface area (Å²) in [6, 6.07) is 0. The Balaban J connectivity index is 1.24. The molecule has 0 radical (unpaired) electrons. The van der Waals surface area contributed by atoms with Crippen molar-refractivity contribution in [3.63, 3.8) is 0 Å². The standard InChI is InChI=1S/C39H64N2O5/c1-7-8-9-29-20-35(46-34(29)24-41-16-13-28(14-17-41)12-15-40(5)18-19-45-6)38-23-31-27(4)10-11-32(31)37(25-42)22-30(38)21-33(26(2)3)39(37,38)36(43)44/h21,25-32,34-35H,7-20,22-24H2,1-6H3,(H,43,44)/t27-,29?,30?,31-,32-,34?,35?,37?,38?,39?/m1/s1. The van der Waals surface area contributed by atoms with Crippen molar-refractivity contribution in [1.29, 1.82) is 0 Å². The average molecular weight is 641 g/mol. The first-order valence-electron chi connectivity index (χ1n) is 19.1. The molecule has 6 aliphatic rings. The van der Waals surface area contributed by atoms with Crippen LogP contribution < -0.4 is 0 Å². The van der Waals surface area contributed by atoms with Crippen molar-refractivity contribution in [1.82, 2.24) is 9.80 Å². The molecular formula is C39H64N2O5. The minimum absolute atomic E-state index is 0.102. The fraction of sp³-hybridized carbons (Fsp3) is 0.897. The largest absolute Gasteiger partial charge is 0.481 e. The molecule has 3 saturated carbocycles. The number of rotatable bonds is 15. The molecule has 0 aromatic heterocycles. The first-order chi connectivity index (χ1) is 22.1. The zero-order valence-corrected chi connectivity index (χ0v) is 29.8. The summed E-state index contributed by atoms with van der Waals surface area (Å²) >= 11 is 0. The number of allylic oxidation sites excluding steroid dienone is 1. The predicted molar refractivity (Wildman–Crippen MR) is 181 cm³/mol. The molecule has 4 aliphatic carbocycles. The Morgan fingerprint density at radius 1 is 1.17 bits per heavy atom. The van der Waals surface area contributed by atoms with E-state index < -0.39 is 22.2 Å². The van der Waals surface area contributed by atoms with Gasteiger partial charge in [-0.25, -0.2) is 0 Å². The summed E-state index contributed by atoms with van der Waals surface area (Å²) in [5.41, 5.74) is -1.45. The Kier molecular flexibility index (Phi) is 10.2. The van der Waals surface area contributed by atoms with Crippen LogP contribution in [0, 0.1) is 57.7 Å². The van der Waals surface area contributed by atoms with Gasteiger partial charge in [-0.3, -0.25) is 4.79 Å². The van der Waals surface area contributed by atoms with E-state index in [1.807, 2.05) is 0 Å². The smallest absolute Gasteiger partial charge is 0.315 e. The van der Waals surface area contributed by atoms with Gasteiger partial charge in [0.25, 0.3) is 0 Å². The highest BCUT2D eigenvalue weighted by molar-refractivity contribution is 5.90. The highest BCUT2D eigenvalue weighted by Crippen LogP contribution is 2.84. The van der Waals surface area contributed by atoms with Crippen molar-refractivity contribution in [3.05, 3.63) is 11.6 Å². The molecular weight excluding hydrogens is 576 g/mol. The van der Waals surface area contributed by atoms with Crippen LogP contribution in [0.15, 0.2) is 11.6 Å². The Labute approximate surface area is 279 Å². The van der Waals surface area contributed by atoms with Crippen LogP contribution in [0.1, 0.15) is 98.3 Å². The number of fused-ring (bicyclic) bond motifs is 2. The molecule has 7 nitrogen and oxygen atoms in total. The summed E-state index contributed by atoms with van der Waals surface area (Å²) in [5.74, 6) is 1.80. The maximum atomic E-state index is 14.1. The zero-order chi connectivity index (χ0) is 32.9. The van der Waals surface area contributed by atoms with Crippen molar-refractivity contribution in [2.24, 2.45) is 57.7 Å². The zero-order valence-electron chi connectivity index (χ0n) is 29.8. The number of hydrogen-bond donors (Lipinski definition) is 1. The molecule has 260 valence electrons. The number of carbonyl (C=O) groups is 2. The van der Waals surface area contributed by atoms with Gasteiger partial charge in [0, 0.05) is 25.6 Å². The number of hydrogen-bond acceptors (Lipinski definition) is 6. The number of ether oxygens (including phenoxy) is 2. The molecule has 2 heterocycles. The topological polar surface area (TPSA) is 79.3 Å². The average Bonchev–Trinajstić information content (AvgIpc) is 3.75. The first kappa shape index (κ1) is 34.6. The highest BCUT2D eigenvalue weighted by Gasteiger charge is 2.86. The van der Waals surface area contributed by atoms with Crippen LogP contribution in [0.2, 0.25) is 0 Å². The third-order valence-corrected chi connectivity index (χ3v) is 14.6. The van der Waals surface area contributed by atoms with E-state index >= 15 is 0 Å². The van der Waals surface area contributed by atoms with Gasteiger partial charge in [0.1, 0.15) is 11.7 Å². The lowest BCUT2D eigenvalue weighted by molar-refractivity contribution is -0.197. The summed E-state index contributed by atoms with van der Waals surface area (Å²) in [5, 5.41) is 11.5. The van der Waals surface area contributed by atoms with Crippen molar-refractivity contribution in [2.75, 3.05) is 53.5 Å². The van der Waals surface area contributed by atoms with Gasteiger partial charge in [-0.1, -0.05) is 58.6 Å². The number of carboxylic acids is 1. The van der Waals surface area contributed by atoms with E-state index in [9.17, 15) is 14.7 Å². The number of methoxy groups -OCH3 is 1. The summed E-state index contributed by atoms with van der Waals surface area (Å²) in [6.45, 7) is 15.0. The van der Waals surface area contributed by atoms with Crippen molar-refractivity contribution in [3.8, 4) is 0 Å². The molecule has 0 aromatic rings. The number of piperidine rings is 1. The summed E-state index contributed by atoms with van der Waals surface area (Å²) in [6.07, 6.45) is 15.4. The van der Waals surface area contributed by atoms with Gasteiger partial charge in [-0.15, -0.1) is 0 Å². The summed E-state index contributed by atoms with van der Waals surface area (Å²) in [7, 11) is 3.97. The summed E-state index contributed by atoms with van der Waals surface area (Å²) in [4.78, 5) is 32.7. The lowest BCUT2D eigenvalue weighted by atomic mass is 9.41. The molecule has 46 heavy (non-hydrogen) atoms. The van der Waals surface area contributed by atoms with Crippen molar-refractivity contribution >= 4 is 12.3 Å². The minimum Gasteiger partial charge on any atom is -0.481 e. The van der Waals surface area contributed by atoms with Gasteiger partial charge >= 0.3 is 5.97 Å². The lowest BCUT2D eigenvalue weighted by Gasteiger charge is -2.60. The van der Waals surface area contributed by atoms with Crippen LogP contribution in [0.3, 0.4) is 0 Å². The van der Waals surface area contributed by atoms with Crippen LogP contribution in [0.25, 0.3) is 0 Å². The summed E-state index contributed by atoms with van der Waals surface area (Å²) < 4.78 is 12.6. The number of nitrogens with zero attached hydrogens (tertiary/aromatic N) is 2. The molecule has 4 bridgehead atoms. The molecule has 2 aliphatic heterocycles. The number of aliphatic carboxylic acids is 1. The molecule has 7 heteroatoms. The fourth-order valence-electron chi connectivity index (χ4n) is 12.4. The fourth-order valence-corrected chi connectivity index (χ4v) is 12.4. The van der Waals surface area contributed by atoms with E-state index in [-0.39, 0.29) is 30.0 Å². The van der Waals surface area contributed by atoms with E-state index in [1.165, 1.54) is 38.4 Å². The number of carboxylic acid groups (broad SMARTS) is 1. The van der Waals surface area contributed by atoms with Gasteiger partial charge in [0.05, 0.1) is 24.2 Å². The molecule has 10 atom stereocenters. The number of aldehydes is 1. The molecule has 2 saturated heterocycles. The Hall–Kier alpha value is -1.28. The second kappa shape index (κ2) is 13.6. The van der Waals surface area contributed by atoms with Crippen LogP contribution in [0.4, 0.5) is 0 Å². The molecule has 1 N–H and O–H groups in total. The van der Waals surface area contributed by atoms with Crippen LogP contribution in [-0.2, 0) is 19.1 Å². The Morgan fingerprint density at radius 3 is 2.59 bits per heavy atom. The molecule has 5 fully saturated rings. The van der Waals surface area contributed by atoms with Crippen molar-refractivity contribution in [2.45, 2.75) is 111 Å². The quantitative estimate of drug-likeness (QED) is 0.161. The maximum Gasteiger partial charge on any atom is 0.315 e. The van der Waals surface area contributed by atoms with Gasteiger partial charge in [-0.05, 0) is 119 Å². The SMILES string of the molecule is CCCCC1CC(C23C[C@@H]4[C@H](C)CC[C@H]4C4(C=O)CC2C=C(C(C)C)C34C(=O)O)OC1CN1CCC(CCN(C)CCOC)CC1. The third kappa shape index (κ3) is 5.19. The van der Waals surface area contributed by atoms with E-state index in [0.29, 0.717) is 24.2 Å². The van der Waals surface area contributed by atoms with Crippen molar-refractivity contribution < 1.29 is 24.2 Å². The van der Waals surface area contributed by atoms with Gasteiger partial charge in [0.15, 0.2) is 0 Å². The van der Waals surface area contributed by atoms with E-state index in [4.69, 9.17) is 9.47 Å². The molecule has 7 unspecified atom stereocenters. The predicted octanol–water partition coefficient (Wildman–Crippen LogP) is 6.56. The monoisotopic (exact) mass is 640 g/mol. The van der Waals surface area contributed by atoms with E-state index in [2.05, 4.69) is 50.6 Å². The minimum atomic E-state index is -1.14. The highest BCUT2D eigenvalue weighted by atomic mass is 16.5. The lowest BCUT2D eigenvalue weighted by Crippen LogP contribution is -2.65. The van der Waals surface area contributed by atoms with Crippen LogP contribution >= 0.6 is 0 Å². The molecule has 0 spiro atoms. The third-order valence-electron chi connectivity index (χ3n) is 14.6. The first-order valence-corrected chi connectivity index (χ1v) is 19.1. The Morgan fingerprint density at radius 2 is 1.93 bits per heavy atom. The van der Waals surface area contributed by atoms with E-state index in [1.54, 1.807) is 7.11 Å². The van der Waals surface area contributed by atoms with Crippen LogP contribution in [0.5, 0.6) is 0 Å². The normalized spacial score (nSPS) is 42.3. The van der Waals surface area contributed by atoms with Gasteiger partial charge < -0.3 is 29.2 Å². The number of likely N-dealkylation sites (tertiary alicyclic amines) is 1. The second-order valence-electron chi connectivity index (χ2n) is 17.0.